The summed E-state index contributed by atoms with van der Waals surface area (Å²) in [6, 6.07) is 14.8. The van der Waals surface area contributed by atoms with Crippen LogP contribution < -0.4 is 15.5 Å². The number of halogens is 10. The van der Waals surface area contributed by atoms with Crippen molar-refractivity contribution in [2.24, 2.45) is 5.73 Å². The van der Waals surface area contributed by atoms with Crippen LogP contribution in [-0.2, 0) is 52.9 Å². The monoisotopic (exact) mass is 928 g/mol. The summed E-state index contributed by atoms with van der Waals surface area (Å²) in [4.78, 5) is 42.5. The Morgan fingerprint density at radius 1 is 0.633 bits per heavy atom. The van der Waals surface area contributed by atoms with Crippen molar-refractivity contribution in [1.82, 2.24) is 34.3 Å². The molecular formula is C37H42Cl4F6N10O3. The molecule has 23 heteroatoms. The standard InChI is InChI=1S/C19H22Cl2F3N5O.C17H18Cl2F3N5O.CH2O/c1-26(2)11-15-17(21)18(19(22,23)24)25-29(15)12-16(30)28-9-7-27(8-10-28)14-5-3-13(20)4-6-14;18-11-1-3-12(4-2-11)25-5-7-26(8-6-25)14(28)10-27-13(9-23)15(19)16(24-27)17(20,21)22;1-2/h3-6H,7-12H2,1-2H3;1-4H,5-10,23H2;1H2. The number of nitrogens with two attached hydrogens (primary N) is 1. The molecule has 2 aromatic carbocycles. The number of benzene rings is 2. The van der Waals surface area contributed by atoms with E-state index in [1.165, 1.54) is 0 Å². The van der Waals surface area contributed by atoms with E-state index in [4.69, 9.17) is 56.9 Å². The van der Waals surface area contributed by atoms with E-state index >= 15 is 0 Å². The van der Waals surface area contributed by atoms with Crippen molar-refractivity contribution >= 4 is 76.4 Å². The topological polar surface area (TPSA) is 129 Å². The third-order valence-corrected chi connectivity index (χ3v) is 10.7. The number of alkyl halides is 6. The quantitative estimate of drug-likeness (QED) is 0.189. The molecule has 4 aromatic rings. The Hall–Kier alpha value is -4.27. The number of hydrogen-bond donors (Lipinski definition) is 1. The van der Waals surface area contributed by atoms with E-state index in [1.54, 1.807) is 53.1 Å². The summed E-state index contributed by atoms with van der Waals surface area (Å²) >= 11 is 23.5. The number of nitrogens with zero attached hydrogens (tertiary/aromatic N) is 9. The van der Waals surface area contributed by atoms with Crippen molar-refractivity contribution in [1.29, 1.82) is 0 Å². The number of amides is 2. The predicted molar refractivity (Wildman–Crippen MR) is 217 cm³/mol. The molecule has 2 aliphatic rings. The first-order valence-corrected chi connectivity index (χ1v) is 19.6. The number of piperazine rings is 2. The van der Waals surface area contributed by atoms with Crippen LogP contribution in [0.2, 0.25) is 20.1 Å². The first kappa shape index (κ1) is 48.4. The zero-order chi connectivity index (χ0) is 44.5. The fourth-order valence-corrected chi connectivity index (χ4v) is 7.28. The van der Waals surface area contributed by atoms with Crippen LogP contribution in [0, 0.1) is 0 Å². The molecule has 0 atom stereocenters. The van der Waals surface area contributed by atoms with Gasteiger partial charge >= 0.3 is 12.4 Å². The maximum Gasteiger partial charge on any atom is 0.436 e. The Balaban J connectivity index is 0.000000255. The highest BCUT2D eigenvalue weighted by atomic mass is 35.5. The molecule has 2 aromatic heterocycles. The summed E-state index contributed by atoms with van der Waals surface area (Å²) in [6.45, 7) is 5.51. The highest BCUT2D eigenvalue weighted by Gasteiger charge is 2.40. The van der Waals surface area contributed by atoms with Crippen molar-refractivity contribution in [3.63, 3.8) is 0 Å². The van der Waals surface area contributed by atoms with Crippen LogP contribution in [-0.4, -0.2) is 119 Å². The van der Waals surface area contributed by atoms with Crippen molar-refractivity contribution < 1.29 is 40.7 Å². The van der Waals surface area contributed by atoms with Gasteiger partial charge in [0.1, 0.15) is 19.9 Å². The minimum Gasteiger partial charge on any atom is -0.368 e. The number of carbonyl (C=O) groups is 3. The van der Waals surface area contributed by atoms with Gasteiger partial charge in [-0.3, -0.25) is 19.0 Å². The lowest BCUT2D eigenvalue weighted by Crippen LogP contribution is -2.49. The van der Waals surface area contributed by atoms with Crippen LogP contribution in [0.3, 0.4) is 0 Å². The number of aromatic nitrogens is 4. The normalized spacial score (nSPS) is 14.8. The average molecular weight is 931 g/mol. The molecule has 0 spiro atoms. The van der Waals surface area contributed by atoms with E-state index in [2.05, 4.69) is 20.0 Å². The van der Waals surface area contributed by atoms with Gasteiger partial charge in [-0.2, -0.15) is 36.5 Å². The lowest BCUT2D eigenvalue weighted by Gasteiger charge is -2.36. The molecule has 13 nitrogen and oxygen atoms in total. The van der Waals surface area contributed by atoms with E-state index in [-0.39, 0.29) is 49.4 Å². The summed E-state index contributed by atoms with van der Waals surface area (Å²) in [6.07, 6.45) is -9.39. The van der Waals surface area contributed by atoms with Crippen LogP contribution in [0.4, 0.5) is 37.7 Å². The number of hydrogen-bond acceptors (Lipinski definition) is 9. The van der Waals surface area contributed by atoms with Crippen molar-refractivity contribution in [2.45, 2.75) is 38.5 Å². The molecule has 2 amide bonds. The lowest BCUT2D eigenvalue weighted by atomic mass is 10.2. The third-order valence-electron chi connectivity index (χ3n) is 9.40. The van der Waals surface area contributed by atoms with Gasteiger partial charge in [-0.25, -0.2) is 0 Å². The second-order valence-corrected chi connectivity index (χ2v) is 15.3. The zero-order valence-corrected chi connectivity index (χ0v) is 35.4. The predicted octanol–water partition coefficient (Wildman–Crippen LogP) is 6.45. The molecule has 0 saturated carbocycles. The summed E-state index contributed by atoms with van der Waals surface area (Å²) in [7, 11) is 3.41. The summed E-state index contributed by atoms with van der Waals surface area (Å²) in [5, 5.41) is 7.34. The van der Waals surface area contributed by atoms with E-state index in [1.807, 2.05) is 31.1 Å². The van der Waals surface area contributed by atoms with Crippen molar-refractivity contribution in [3.8, 4) is 0 Å². The minimum absolute atomic E-state index is 0.0119. The highest BCUT2D eigenvalue weighted by Crippen LogP contribution is 2.37. The number of carbonyl (C=O) groups excluding carboxylic acids is 3. The van der Waals surface area contributed by atoms with Gasteiger partial charge in [0.25, 0.3) is 0 Å². The van der Waals surface area contributed by atoms with Gasteiger partial charge in [0, 0.05) is 86.9 Å². The van der Waals surface area contributed by atoms with Crippen molar-refractivity contribution in [3.05, 3.63) is 91.4 Å². The molecule has 2 aliphatic heterocycles. The fourth-order valence-electron chi connectivity index (χ4n) is 6.41. The summed E-state index contributed by atoms with van der Waals surface area (Å²) in [5.74, 6) is -0.628. The molecule has 4 heterocycles. The molecular weight excluding hydrogens is 888 g/mol. The van der Waals surface area contributed by atoms with Crippen LogP contribution >= 0.6 is 46.4 Å². The van der Waals surface area contributed by atoms with Crippen LogP contribution in [0.25, 0.3) is 0 Å². The molecule has 0 bridgehead atoms. The first-order valence-electron chi connectivity index (χ1n) is 18.1. The van der Waals surface area contributed by atoms with E-state index < -0.39 is 33.8 Å². The number of anilines is 2. The Kier molecular flexibility index (Phi) is 16.9. The Bertz CT molecular complexity index is 2050. The van der Waals surface area contributed by atoms with Gasteiger partial charge in [0.15, 0.2) is 11.4 Å². The fraction of sp³-hybridized carbons (Fsp3) is 0.432. The van der Waals surface area contributed by atoms with Gasteiger partial charge in [-0.1, -0.05) is 46.4 Å². The Morgan fingerprint density at radius 3 is 1.28 bits per heavy atom. The molecule has 2 fully saturated rings. The van der Waals surface area contributed by atoms with Crippen LogP contribution in [0.1, 0.15) is 22.8 Å². The Labute approximate surface area is 362 Å². The molecule has 0 unspecified atom stereocenters. The van der Waals surface area contributed by atoms with Crippen LogP contribution in [0.5, 0.6) is 0 Å². The summed E-state index contributed by atoms with van der Waals surface area (Å²) < 4.78 is 80.6. The van der Waals surface area contributed by atoms with Gasteiger partial charge in [0.05, 0.1) is 21.4 Å². The second kappa shape index (κ2) is 21.0. The van der Waals surface area contributed by atoms with E-state index in [0.29, 0.717) is 62.4 Å². The molecule has 60 heavy (non-hydrogen) atoms. The maximum absolute atomic E-state index is 13.2. The lowest BCUT2D eigenvalue weighted by molar-refractivity contribution is -0.142. The molecule has 2 saturated heterocycles. The smallest absolute Gasteiger partial charge is 0.368 e. The zero-order valence-electron chi connectivity index (χ0n) is 32.4. The van der Waals surface area contributed by atoms with Gasteiger partial charge in [-0.15, -0.1) is 0 Å². The van der Waals surface area contributed by atoms with Crippen molar-refractivity contribution in [2.75, 3.05) is 76.3 Å². The van der Waals surface area contributed by atoms with Gasteiger partial charge in [-0.05, 0) is 62.6 Å². The molecule has 0 radical (unpaired) electrons. The molecule has 0 aliphatic carbocycles. The molecule has 328 valence electrons. The van der Waals surface area contributed by atoms with E-state index in [9.17, 15) is 35.9 Å². The maximum atomic E-state index is 13.2. The largest absolute Gasteiger partial charge is 0.436 e. The number of rotatable bonds is 9. The first-order chi connectivity index (χ1) is 28.3. The molecule has 2 N–H and O–H groups in total. The summed E-state index contributed by atoms with van der Waals surface area (Å²) in [5.41, 5.74) is 5.27. The average Bonchev–Trinajstić information content (AvgIpc) is 3.70. The third kappa shape index (κ3) is 12.4. The van der Waals surface area contributed by atoms with E-state index in [0.717, 1.165) is 20.7 Å². The highest BCUT2D eigenvalue weighted by molar-refractivity contribution is 6.32. The van der Waals surface area contributed by atoms with Gasteiger partial charge < -0.3 is 35.0 Å². The SMILES string of the molecule is C=O.CN(C)Cc1c(Cl)c(C(F)(F)F)nn1CC(=O)N1CCN(c2ccc(Cl)cc2)CC1.NCc1c(Cl)c(C(F)(F)F)nn1CC(=O)N1CCN(c2ccc(Cl)cc2)CC1. The van der Waals surface area contributed by atoms with Gasteiger partial charge in [0.2, 0.25) is 11.8 Å². The van der Waals surface area contributed by atoms with Crippen LogP contribution in [0.15, 0.2) is 48.5 Å². The Morgan fingerprint density at radius 2 is 0.967 bits per heavy atom. The second-order valence-electron chi connectivity index (χ2n) is 13.7. The minimum atomic E-state index is -4.71. The molecule has 6 rings (SSSR count).